The predicted octanol–water partition coefficient (Wildman–Crippen LogP) is 2.69. The van der Waals surface area contributed by atoms with Crippen molar-refractivity contribution in [2.75, 3.05) is 14.2 Å². The average molecular weight is 313 g/mol. The summed E-state index contributed by atoms with van der Waals surface area (Å²) in [5, 5.41) is 2.49. The van der Waals surface area contributed by atoms with E-state index < -0.39 is 9.70 Å². The molecule has 1 amide bonds. The maximum absolute atomic E-state index is 11.4. The van der Waals surface area contributed by atoms with Crippen molar-refractivity contribution in [2.24, 2.45) is 0 Å². The van der Waals surface area contributed by atoms with E-state index in [1.54, 1.807) is 25.3 Å². The van der Waals surface area contributed by atoms with Gasteiger partial charge in [-0.05, 0) is 18.2 Å². The van der Waals surface area contributed by atoms with Crippen LogP contribution in [0.25, 0.3) is 0 Å². The van der Waals surface area contributed by atoms with Gasteiger partial charge in [-0.15, -0.1) is 0 Å². The van der Waals surface area contributed by atoms with E-state index in [2.05, 4.69) is 5.32 Å². The monoisotopic (exact) mass is 311 g/mol. The zero-order chi connectivity index (χ0) is 13.8. The number of nitrogens with one attached hydrogen (secondary N) is 1. The highest BCUT2D eigenvalue weighted by Crippen LogP contribution is 2.27. The summed E-state index contributed by atoms with van der Waals surface area (Å²) < 4.78 is 8.26. The van der Waals surface area contributed by atoms with Crippen molar-refractivity contribution >= 4 is 40.7 Å². The van der Waals surface area contributed by atoms with Crippen molar-refractivity contribution in [1.82, 2.24) is 5.32 Å². The van der Waals surface area contributed by atoms with Gasteiger partial charge in [0.15, 0.2) is 0 Å². The zero-order valence-corrected chi connectivity index (χ0v) is 12.1. The Morgan fingerprint density at radius 1 is 1.28 bits per heavy atom. The molecule has 0 spiro atoms. The van der Waals surface area contributed by atoms with Crippen LogP contribution in [0.15, 0.2) is 18.2 Å². The van der Waals surface area contributed by atoms with Crippen molar-refractivity contribution in [3.63, 3.8) is 0 Å². The molecule has 1 aromatic rings. The quantitative estimate of drug-likeness (QED) is 0.870. The number of hydrogen-bond acceptors (Lipinski definition) is 3. The third-order valence-electron chi connectivity index (χ3n) is 2.18. The van der Waals surface area contributed by atoms with Crippen LogP contribution in [-0.4, -0.2) is 23.9 Å². The van der Waals surface area contributed by atoms with E-state index in [1.807, 2.05) is 0 Å². The van der Waals surface area contributed by atoms with Crippen LogP contribution in [0.3, 0.4) is 0 Å². The summed E-state index contributed by atoms with van der Waals surface area (Å²) in [6.45, 7) is 0.174. The molecule has 0 aliphatic carbocycles. The standard InChI is InChI=1S/C11H12Cl3NO3/c1-17-8-3-4-9(18-2)7(5-8)6-15-10(16)11(12,13)14/h3-5H,6H2,1-2H3,(H,15,16). The number of benzene rings is 1. The Bertz CT molecular complexity index is 432. The molecule has 7 heteroatoms. The van der Waals surface area contributed by atoms with Crippen molar-refractivity contribution in [3.8, 4) is 11.5 Å². The normalized spacial score (nSPS) is 10.9. The fourth-order valence-electron chi connectivity index (χ4n) is 1.30. The first-order chi connectivity index (χ1) is 8.38. The average Bonchev–Trinajstić information content (AvgIpc) is 2.34. The number of methoxy groups -OCH3 is 2. The molecule has 18 heavy (non-hydrogen) atoms. The van der Waals surface area contributed by atoms with Crippen LogP contribution in [0.5, 0.6) is 11.5 Å². The third-order valence-corrected chi connectivity index (χ3v) is 2.70. The Balaban J connectivity index is 2.80. The highest BCUT2D eigenvalue weighted by molar-refractivity contribution is 6.76. The van der Waals surface area contributed by atoms with Gasteiger partial charge in [0.2, 0.25) is 0 Å². The number of rotatable bonds is 4. The van der Waals surface area contributed by atoms with Gasteiger partial charge in [-0.2, -0.15) is 0 Å². The van der Waals surface area contributed by atoms with E-state index in [0.29, 0.717) is 11.5 Å². The van der Waals surface area contributed by atoms with Crippen LogP contribution in [0, 0.1) is 0 Å². The minimum atomic E-state index is -1.98. The molecular weight excluding hydrogens is 300 g/mol. The molecule has 4 nitrogen and oxygen atoms in total. The molecule has 0 saturated carbocycles. The largest absolute Gasteiger partial charge is 0.497 e. The van der Waals surface area contributed by atoms with E-state index in [9.17, 15) is 4.79 Å². The maximum atomic E-state index is 11.4. The lowest BCUT2D eigenvalue weighted by Gasteiger charge is -2.14. The predicted molar refractivity (Wildman–Crippen MR) is 71.7 cm³/mol. The van der Waals surface area contributed by atoms with E-state index in [4.69, 9.17) is 44.3 Å². The molecule has 0 bridgehead atoms. The highest BCUT2D eigenvalue weighted by Gasteiger charge is 2.30. The SMILES string of the molecule is COc1ccc(OC)c(CNC(=O)C(Cl)(Cl)Cl)c1. The van der Waals surface area contributed by atoms with E-state index in [0.717, 1.165) is 5.56 Å². The van der Waals surface area contributed by atoms with Gasteiger partial charge in [-0.1, -0.05) is 34.8 Å². The van der Waals surface area contributed by atoms with Crippen LogP contribution in [0.2, 0.25) is 0 Å². The Hall–Kier alpha value is -0.840. The third kappa shape index (κ3) is 4.12. The van der Waals surface area contributed by atoms with Crippen LogP contribution >= 0.6 is 34.8 Å². The summed E-state index contributed by atoms with van der Waals surface area (Å²) >= 11 is 16.3. The van der Waals surface area contributed by atoms with Gasteiger partial charge < -0.3 is 14.8 Å². The smallest absolute Gasteiger partial charge is 0.272 e. The number of hydrogen-bond donors (Lipinski definition) is 1. The topological polar surface area (TPSA) is 47.6 Å². The van der Waals surface area contributed by atoms with Gasteiger partial charge in [0.25, 0.3) is 9.70 Å². The lowest BCUT2D eigenvalue weighted by atomic mass is 10.2. The van der Waals surface area contributed by atoms with Gasteiger partial charge in [0, 0.05) is 12.1 Å². The minimum Gasteiger partial charge on any atom is -0.497 e. The molecule has 0 aliphatic rings. The molecule has 0 aromatic heterocycles. The summed E-state index contributed by atoms with van der Waals surface area (Å²) in [4.78, 5) is 11.4. The number of carbonyl (C=O) groups is 1. The van der Waals surface area contributed by atoms with E-state index in [-0.39, 0.29) is 6.54 Å². The maximum Gasteiger partial charge on any atom is 0.272 e. The minimum absolute atomic E-state index is 0.174. The molecular formula is C11H12Cl3NO3. The van der Waals surface area contributed by atoms with Gasteiger partial charge >= 0.3 is 0 Å². The molecule has 0 unspecified atom stereocenters. The first-order valence-corrected chi connectivity index (χ1v) is 6.07. The van der Waals surface area contributed by atoms with Crippen LogP contribution < -0.4 is 14.8 Å². The summed E-state index contributed by atoms with van der Waals surface area (Å²) in [5.74, 6) is 0.562. The van der Waals surface area contributed by atoms with Gasteiger partial charge in [0.05, 0.1) is 14.2 Å². The summed E-state index contributed by atoms with van der Waals surface area (Å²) in [6, 6.07) is 5.21. The fourth-order valence-corrected chi connectivity index (χ4v) is 1.50. The van der Waals surface area contributed by atoms with Crippen molar-refractivity contribution in [1.29, 1.82) is 0 Å². The number of ether oxygens (including phenoxy) is 2. The van der Waals surface area contributed by atoms with E-state index in [1.165, 1.54) is 7.11 Å². The Kier molecular flexibility index (Phi) is 5.38. The molecule has 100 valence electrons. The van der Waals surface area contributed by atoms with Crippen molar-refractivity contribution in [2.45, 2.75) is 10.3 Å². The molecule has 1 N–H and O–H groups in total. The second kappa shape index (κ2) is 6.36. The molecule has 1 rings (SSSR count). The first-order valence-electron chi connectivity index (χ1n) is 4.94. The first kappa shape index (κ1) is 15.2. The molecule has 1 aromatic carbocycles. The summed E-state index contributed by atoms with van der Waals surface area (Å²) in [7, 11) is 3.08. The Morgan fingerprint density at radius 3 is 2.44 bits per heavy atom. The van der Waals surface area contributed by atoms with Gasteiger partial charge in [0.1, 0.15) is 11.5 Å². The lowest BCUT2D eigenvalue weighted by molar-refractivity contribution is -0.120. The molecule has 0 atom stereocenters. The van der Waals surface area contributed by atoms with Crippen LogP contribution in [0.4, 0.5) is 0 Å². The number of amides is 1. The van der Waals surface area contributed by atoms with Crippen LogP contribution in [-0.2, 0) is 11.3 Å². The Labute approximate surface area is 120 Å². The molecule has 0 radical (unpaired) electrons. The van der Waals surface area contributed by atoms with Crippen LogP contribution in [0.1, 0.15) is 5.56 Å². The molecule has 0 saturated heterocycles. The molecule has 0 heterocycles. The molecule has 0 fully saturated rings. The molecule has 0 aliphatic heterocycles. The highest BCUT2D eigenvalue weighted by atomic mass is 35.6. The summed E-state index contributed by atoms with van der Waals surface area (Å²) in [5.41, 5.74) is 0.722. The second-order valence-electron chi connectivity index (χ2n) is 3.36. The zero-order valence-electron chi connectivity index (χ0n) is 9.80. The second-order valence-corrected chi connectivity index (χ2v) is 5.64. The summed E-state index contributed by atoms with van der Waals surface area (Å²) in [6.07, 6.45) is 0. The van der Waals surface area contributed by atoms with Crippen molar-refractivity contribution < 1.29 is 14.3 Å². The number of carbonyl (C=O) groups excluding carboxylic acids is 1. The fraction of sp³-hybridized carbons (Fsp3) is 0.364. The lowest BCUT2D eigenvalue weighted by Crippen LogP contribution is -2.34. The van der Waals surface area contributed by atoms with Gasteiger partial charge in [-0.25, -0.2) is 0 Å². The van der Waals surface area contributed by atoms with Gasteiger partial charge in [-0.3, -0.25) is 4.79 Å². The number of alkyl halides is 3. The number of halogens is 3. The van der Waals surface area contributed by atoms with Crippen molar-refractivity contribution in [3.05, 3.63) is 23.8 Å². The Morgan fingerprint density at radius 2 is 1.94 bits per heavy atom. The van der Waals surface area contributed by atoms with E-state index >= 15 is 0 Å².